The van der Waals surface area contributed by atoms with Crippen LogP contribution in [0.3, 0.4) is 0 Å². The number of nitrogens with zero attached hydrogens (tertiary/aromatic N) is 2. The summed E-state index contributed by atoms with van der Waals surface area (Å²) in [6.45, 7) is 4.17. The first-order chi connectivity index (χ1) is 10.6. The van der Waals surface area contributed by atoms with Crippen LogP contribution in [0.2, 0.25) is 5.02 Å². The topological polar surface area (TPSA) is 66.9 Å². The van der Waals surface area contributed by atoms with Crippen molar-refractivity contribution in [3.8, 4) is 0 Å². The lowest BCUT2D eigenvalue weighted by atomic mass is 10.2. The van der Waals surface area contributed by atoms with Gasteiger partial charge in [0.15, 0.2) is 0 Å². The summed E-state index contributed by atoms with van der Waals surface area (Å²) < 4.78 is 32.7. The predicted octanol–water partition coefficient (Wildman–Crippen LogP) is 1.84. The van der Waals surface area contributed by atoms with E-state index in [1.165, 1.54) is 27.4 Å². The van der Waals surface area contributed by atoms with E-state index < -0.39 is 10.0 Å². The Morgan fingerprint density at radius 1 is 1.26 bits per heavy atom. The third-order valence-corrected chi connectivity index (χ3v) is 5.90. The number of amides is 1. The highest BCUT2D eigenvalue weighted by atomic mass is 35.5. The lowest BCUT2D eigenvalue weighted by Crippen LogP contribution is -2.48. The average Bonchev–Trinajstić information content (AvgIpc) is 2.45. The second-order valence-electron chi connectivity index (χ2n) is 5.92. The quantitative estimate of drug-likeness (QED) is 0.824. The van der Waals surface area contributed by atoms with E-state index in [0.717, 1.165) is 0 Å². The van der Waals surface area contributed by atoms with Crippen LogP contribution in [0.4, 0.5) is 0 Å². The summed E-state index contributed by atoms with van der Waals surface area (Å²) >= 11 is 6.10. The van der Waals surface area contributed by atoms with Crippen LogP contribution in [0.25, 0.3) is 0 Å². The van der Waals surface area contributed by atoms with Crippen molar-refractivity contribution in [1.82, 2.24) is 9.21 Å². The molecule has 0 spiro atoms. The first-order valence-electron chi connectivity index (χ1n) is 7.29. The first kappa shape index (κ1) is 18.2. The maximum Gasteiger partial charge on any atom is 0.253 e. The molecule has 1 heterocycles. The van der Waals surface area contributed by atoms with Crippen molar-refractivity contribution in [2.45, 2.75) is 31.0 Å². The summed E-state index contributed by atoms with van der Waals surface area (Å²) in [5.74, 6) is -0.276. The number of hydrogen-bond acceptors (Lipinski definition) is 4. The number of ether oxygens (including phenoxy) is 1. The van der Waals surface area contributed by atoms with Gasteiger partial charge in [-0.1, -0.05) is 11.6 Å². The van der Waals surface area contributed by atoms with Crippen molar-refractivity contribution in [3.05, 3.63) is 28.8 Å². The minimum atomic E-state index is -3.79. The fraction of sp³-hybridized carbons (Fsp3) is 0.533. The first-order valence-corrected chi connectivity index (χ1v) is 9.11. The number of halogens is 1. The minimum Gasteiger partial charge on any atom is -0.373 e. The second kappa shape index (κ2) is 6.76. The van der Waals surface area contributed by atoms with E-state index in [2.05, 4.69) is 0 Å². The molecule has 1 saturated heterocycles. The van der Waals surface area contributed by atoms with Crippen LogP contribution in [0.1, 0.15) is 24.2 Å². The van der Waals surface area contributed by atoms with Gasteiger partial charge in [0.1, 0.15) is 4.90 Å². The molecule has 2 rings (SSSR count). The molecule has 128 valence electrons. The van der Waals surface area contributed by atoms with E-state index in [9.17, 15) is 13.2 Å². The normalized spacial score (nSPS) is 22.8. The standard InChI is InChI=1S/C15H21ClN2O4S/c1-10-8-18(9-11(2)22-10)23(20,21)14-7-12(5-6-13(14)16)15(19)17(3)4/h5-7,10-11H,8-9H2,1-4H3/t10-,11+. The molecule has 0 aliphatic carbocycles. The van der Waals surface area contributed by atoms with Crippen LogP contribution in [-0.4, -0.2) is 62.9 Å². The van der Waals surface area contributed by atoms with Gasteiger partial charge < -0.3 is 9.64 Å². The van der Waals surface area contributed by atoms with Crippen LogP contribution in [0.15, 0.2) is 23.1 Å². The van der Waals surface area contributed by atoms with Gasteiger partial charge in [0.05, 0.1) is 17.2 Å². The number of benzene rings is 1. The molecule has 23 heavy (non-hydrogen) atoms. The number of hydrogen-bond donors (Lipinski definition) is 0. The van der Waals surface area contributed by atoms with Crippen molar-refractivity contribution >= 4 is 27.5 Å². The molecule has 0 saturated carbocycles. The largest absolute Gasteiger partial charge is 0.373 e. The molecule has 0 N–H and O–H groups in total. The summed E-state index contributed by atoms with van der Waals surface area (Å²) in [6, 6.07) is 4.30. The Labute approximate surface area is 142 Å². The van der Waals surface area contributed by atoms with Crippen LogP contribution < -0.4 is 0 Å². The SMILES string of the molecule is C[C@@H]1CN(S(=O)(=O)c2cc(C(=O)N(C)C)ccc2Cl)C[C@H](C)O1. The zero-order valence-corrected chi connectivity index (χ0v) is 15.2. The lowest BCUT2D eigenvalue weighted by molar-refractivity contribution is -0.0440. The highest BCUT2D eigenvalue weighted by molar-refractivity contribution is 7.89. The molecule has 1 fully saturated rings. The van der Waals surface area contributed by atoms with Crippen molar-refractivity contribution < 1.29 is 17.9 Å². The maximum atomic E-state index is 12.9. The Hall–Kier alpha value is -1.15. The molecular weight excluding hydrogens is 340 g/mol. The second-order valence-corrected chi connectivity index (χ2v) is 8.24. The fourth-order valence-electron chi connectivity index (χ4n) is 2.56. The summed E-state index contributed by atoms with van der Waals surface area (Å²) in [5, 5.41) is 0.104. The number of morpholine rings is 1. The van der Waals surface area contributed by atoms with E-state index in [1.54, 1.807) is 14.1 Å². The Balaban J connectivity index is 2.43. The summed E-state index contributed by atoms with van der Waals surface area (Å²) in [5.41, 5.74) is 0.285. The summed E-state index contributed by atoms with van der Waals surface area (Å²) in [4.78, 5) is 13.4. The fourth-order valence-corrected chi connectivity index (χ4v) is 4.65. The van der Waals surface area contributed by atoms with Crippen LogP contribution in [-0.2, 0) is 14.8 Å². The molecule has 1 aliphatic rings. The van der Waals surface area contributed by atoms with Crippen LogP contribution in [0.5, 0.6) is 0 Å². The highest BCUT2D eigenvalue weighted by Gasteiger charge is 2.33. The van der Waals surface area contributed by atoms with Crippen LogP contribution >= 0.6 is 11.6 Å². The summed E-state index contributed by atoms with van der Waals surface area (Å²) in [6.07, 6.45) is -0.391. The van der Waals surface area contributed by atoms with Gasteiger partial charge in [0, 0.05) is 32.7 Å². The number of sulfonamides is 1. The molecule has 0 unspecified atom stereocenters. The molecule has 1 aromatic carbocycles. The molecule has 1 aliphatic heterocycles. The molecule has 2 atom stereocenters. The van der Waals surface area contributed by atoms with Gasteiger partial charge in [0.25, 0.3) is 5.91 Å². The van der Waals surface area contributed by atoms with Gasteiger partial charge in [-0.2, -0.15) is 4.31 Å². The smallest absolute Gasteiger partial charge is 0.253 e. The van der Waals surface area contributed by atoms with Crippen molar-refractivity contribution in [1.29, 1.82) is 0 Å². The Morgan fingerprint density at radius 2 is 1.83 bits per heavy atom. The predicted molar refractivity (Wildman–Crippen MR) is 88.2 cm³/mol. The monoisotopic (exact) mass is 360 g/mol. The van der Waals surface area contributed by atoms with Crippen molar-refractivity contribution in [2.24, 2.45) is 0 Å². The van der Waals surface area contributed by atoms with Gasteiger partial charge in [-0.15, -0.1) is 0 Å². The Morgan fingerprint density at radius 3 is 2.35 bits per heavy atom. The number of carbonyl (C=O) groups is 1. The molecule has 8 heteroatoms. The number of rotatable bonds is 3. The molecule has 0 bridgehead atoms. The lowest BCUT2D eigenvalue weighted by Gasteiger charge is -2.34. The summed E-state index contributed by atoms with van der Waals surface area (Å²) in [7, 11) is -0.574. The molecule has 1 aromatic rings. The molecule has 1 amide bonds. The maximum absolute atomic E-state index is 12.9. The van der Waals surface area contributed by atoms with E-state index in [0.29, 0.717) is 0 Å². The molecular formula is C15H21ClN2O4S. The minimum absolute atomic E-state index is 0.0480. The van der Waals surface area contributed by atoms with Crippen molar-refractivity contribution in [2.75, 3.05) is 27.2 Å². The molecule has 0 radical (unpaired) electrons. The molecule has 6 nitrogen and oxygen atoms in total. The van der Waals surface area contributed by atoms with E-state index in [1.807, 2.05) is 13.8 Å². The van der Waals surface area contributed by atoms with Crippen LogP contribution in [0, 0.1) is 0 Å². The van der Waals surface area contributed by atoms with Gasteiger partial charge in [-0.3, -0.25) is 4.79 Å². The zero-order chi connectivity index (χ0) is 17.4. The van der Waals surface area contributed by atoms with Gasteiger partial charge in [0.2, 0.25) is 10.0 Å². The van der Waals surface area contributed by atoms with E-state index in [4.69, 9.17) is 16.3 Å². The van der Waals surface area contributed by atoms with E-state index in [-0.39, 0.29) is 46.7 Å². The third kappa shape index (κ3) is 3.85. The highest BCUT2D eigenvalue weighted by Crippen LogP contribution is 2.28. The molecule has 0 aromatic heterocycles. The van der Waals surface area contributed by atoms with Gasteiger partial charge in [-0.25, -0.2) is 8.42 Å². The third-order valence-electron chi connectivity index (χ3n) is 3.59. The van der Waals surface area contributed by atoms with Crippen molar-refractivity contribution in [3.63, 3.8) is 0 Å². The van der Waals surface area contributed by atoms with Gasteiger partial charge >= 0.3 is 0 Å². The number of carbonyl (C=O) groups excluding carboxylic acids is 1. The average molecular weight is 361 g/mol. The Bertz CT molecular complexity index is 695. The van der Waals surface area contributed by atoms with Gasteiger partial charge in [-0.05, 0) is 32.0 Å². The zero-order valence-electron chi connectivity index (χ0n) is 13.6. The van der Waals surface area contributed by atoms with E-state index >= 15 is 0 Å². The Kier molecular flexibility index (Phi) is 5.35.